The molecule has 1 N–H and O–H groups in total. The lowest BCUT2D eigenvalue weighted by Crippen LogP contribution is -2.18. The van der Waals surface area contributed by atoms with Crippen molar-refractivity contribution in [2.45, 2.75) is 52.1 Å². The molecular formula is C15H22N4S. The Bertz CT molecular complexity index is 582. The zero-order valence-corrected chi connectivity index (χ0v) is 13.2. The molecule has 3 rings (SSSR count). The molecule has 2 aromatic heterocycles. The number of hydrogen-bond acceptors (Lipinski definition) is 4. The maximum Gasteiger partial charge on any atom is 0.142 e. The molecule has 1 fully saturated rings. The summed E-state index contributed by atoms with van der Waals surface area (Å²) in [4.78, 5) is 10.4. The summed E-state index contributed by atoms with van der Waals surface area (Å²) in [5, 5.41) is 4.65. The van der Waals surface area contributed by atoms with Crippen molar-refractivity contribution in [1.29, 1.82) is 0 Å². The normalized spacial score (nSPS) is 16.6. The van der Waals surface area contributed by atoms with E-state index in [1.807, 2.05) is 12.5 Å². The quantitative estimate of drug-likeness (QED) is 0.882. The lowest BCUT2D eigenvalue weighted by molar-refractivity contribution is 0.575. The highest BCUT2D eigenvalue weighted by atomic mass is 32.1. The molecule has 1 saturated carbocycles. The fourth-order valence-corrected chi connectivity index (χ4v) is 3.59. The maximum absolute atomic E-state index is 4.77. The molecule has 0 aliphatic heterocycles. The number of nitrogens with zero attached hydrogens (tertiary/aromatic N) is 3. The van der Waals surface area contributed by atoms with E-state index in [1.54, 1.807) is 11.3 Å². The van der Waals surface area contributed by atoms with Crippen molar-refractivity contribution in [2.75, 3.05) is 6.54 Å². The number of aryl methyl sites for hydroxylation is 1. The summed E-state index contributed by atoms with van der Waals surface area (Å²) in [5.41, 5.74) is 2.32. The summed E-state index contributed by atoms with van der Waals surface area (Å²) in [6.45, 7) is 7.57. The standard InChI is InChI=1S/C15H22N4S/c1-4-7-17-10(2)14-11(3)18-15(20-14)13-8-16-9-19(13)12-5-6-12/h8-10,12,17H,4-7H2,1-3H3. The zero-order valence-electron chi connectivity index (χ0n) is 12.4. The van der Waals surface area contributed by atoms with E-state index in [0.29, 0.717) is 12.1 Å². The lowest BCUT2D eigenvalue weighted by atomic mass is 10.2. The monoisotopic (exact) mass is 290 g/mol. The van der Waals surface area contributed by atoms with Gasteiger partial charge in [0.05, 0.1) is 23.9 Å². The average molecular weight is 290 g/mol. The molecule has 0 saturated heterocycles. The van der Waals surface area contributed by atoms with Gasteiger partial charge in [0.15, 0.2) is 0 Å². The van der Waals surface area contributed by atoms with E-state index in [9.17, 15) is 0 Å². The highest BCUT2D eigenvalue weighted by Gasteiger charge is 2.27. The predicted octanol–water partition coefficient (Wildman–Crippen LogP) is 3.71. The molecule has 108 valence electrons. The zero-order chi connectivity index (χ0) is 14.1. The first-order valence-corrected chi connectivity index (χ1v) is 8.25. The molecule has 1 unspecified atom stereocenters. The predicted molar refractivity (Wildman–Crippen MR) is 83.1 cm³/mol. The van der Waals surface area contributed by atoms with Gasteiger partial charge in [-0.2, -0.15) is 0 Å². The third-order valence-corrected chi connectivity index (χ3v) is 5.11. The van der Waals surface area contributed by atoms with Gasteiger partial charge in [0.2, 0.25) is 0 Å². The molecule has 0 bridgehead atoms. The average Bonchev–Trinajstić information content (AvgIpc) is 3.03. The first kappa shape index (κ1) is 13.8. The Kier molecular flexibility index (Phi) is 3.89. The van der Waals surface area contributed by atoms with Crippen LogP contribution in [0.1, 0.15) is 55.8 Å². The minimum atomic E-state index is 0.374. The van der Waals surface area contributed by atoms with Crippen LogP contribution in [0.2, 0.25) is 0 Å². The van der Waals surface area contributed by atoms with Gasteiger partial charge in [0.1, 0.15) is 5.01 Å². The van der Waals surface area contributed by atoms with E-state index in [2.05, 4.69) is 35.6 Å². The molecule has 0 radical (unpaired) electrons. The van der Waals surface area contributed by atoms with Crippen molar-refractivity contribution < 1.29 is 0 Å². The van der Waals surface area contributed by atoms with Crippen LogP contribution in [0.25, 0.3) is 10.7 Å². The van der Waals surface area contributed by atoms with Crippen molar-refractivity contribution in [3.63, 3.8) is 0 Å². The molecule has 1 atom stereocenters. The van der Waals surface area contributed by atoms with Gasteiger partial charge in [-0.25, -0.2) is 9.97 Å². The molecule has 1 aliphatic carbocycles. The molecule has 5 heteroatoms. The van der Waals surface area contributed by atoms with Crippen molar-refractivity contribution in [2.24, 2.45) is 0 Å². The summed E-state index contributed by atoms with van der Waals surface area (Å²) in [6.07, 6.45) is 7.60. The summed E-state index contributed by atoms with van der Waals surface area (Å²) in [6, 6.07) is 1.02. The molecule has 20 heavy (non-hydrogen) atoms. The Morgan fingerprint density at radius 2 is 2.30 bits per heavy atom. The minimum Gasteiger partial charge on any atom is -0.326 e. The fourth-order valence-electron chi connectivity index (χ4n) is 2.49. The largest absolute Gasteiger partial charge is 0.326 e. The van der Waals surface area contributed by atoms with Gasteiger partial charge in [-0.05, 0) is 39.7 Å². The van der Waals surface area contributed by atoms with Crippen molar-refractivity contribution in [3.05, 3.63) is 23.1 Å². The Morgan fingerprint density at radius 3 is 3.00 bits per heavy atom. The van der Waals surface area contributed by atoms with E-state index in [4.69, 9.17) is 4.98 Å². The minimum absolute atomic E-state index is 0.374. The number of imidazole rings is 1. The molecule has 0 aromatic carbocycles. The molecule has 0 spiro atoms. The van der Waals surface area contributed by atoms with Gasteiger partial charge in [-0.15, -0.1) is 11.3 Å². The highest BCUT2D eigenvalue weighted by molar-refractivity contribution is 7.15. The van der Waals surface area contributed by atoms with E-state index in [0.717, 1.165) is 23.7 Å². The molecule has 1 aliphatic rings. The van der Waals surface area contributed by atoms with Gasteiger partial charge in [-0.1, -0.05) is 6.92 Å². The number of rotatable bonds is 6. The number of hydrogen-bond donors (Lipinski definition) is 1. The van der Waals surface area contributed by atoms with E-state index in [1.165, 1.54) is 23.4 Å². The lowest BCUT2D eigenvalue weighted by Gasteiger charge is -2.11. The smallest absolute Gasteiger partial charge is 0.142 e. The van der Waals surface area contributed by atoms with Gasteiger partial charge < -0.3 is 9.88 Å². The van der Waals surface area contributed by atoms with Crippen LogP contribution < -0.4 is 5.32 Å². The van der Waals surface area contributed by atoms with Gasteiger partial charge >= 0.3 is 0 Å². The first-order chi connectivity index (χ1) is 9.70. The van der Waals surface area contributed by atoms with E-state index in [-0.39, 0.29) is 0 Å². The summed E-state index contributed by atoms with van der Waals surface area (Å²) >= 11 is 1.80. The van der Waals surface area contributed by atoms with Gasteiger partial charge in [0, 0.05) is 17.0 Å². The van der Waals surface area contributed by atoms with Crippen LogP contribution in [-0.4, -0.2) is 21.1 Å². The van der Waals surface area contributed by atoms with Crippen molar-refractivity contribution in [1.82, 2.24) is 19.9 Å². The van der Waals surface area contributed by atoms with Crippen LogP contribution in [-0.2, 0) is 0 Å². The summed E-state index contributed by atoms with van der Waals surface area (Å²) in [7, 11) is 0. The van der Waals surface area contributed by atoms with Gasteiger partial charge in [0.25, 0.3) is 0 Å². The third-order valence-electron chi connectivity index (χ3n) is 3.75. The van der Waals surface area contributed by atoms with Crippen LogP contribution in [0, 0.1) is 6.92 Å². The SMILES string of the molecule is CCCNC(C)c1sc(-c2cncn2C2CC2)nc1C. The van der Waals surface area contributed by atoms with Crippen LogP contribution in [0.3, 0.4) is 0 Å². The molecule has 2 aromatic rings. The Labute approximate surface area is 124 Å². The Morgan fingerprint density at radius 1 is 1.50 bits per heavy atom. The van der Waals surface area contributed by atoms with Crippen molar-refractivity contribution in [3.8, 4) is 10.7 Å². The van der Waals surface area contributed by atoms with Crippen molar-refractivity contribution >= 4 is 11.3 Å². The summed E-state index contributed by atoms with van der Waals surface area (Å²) < 4.78 is 2.28. The van der Waals surface area contributed by atoms with E-state index < -0.39 is 0 Å². The molecule has 4 nitrogen and oxygen atoms in total. The third kappa shape index (κ3) is 2.65. The van der Waals surface area contributed by atoms with Gasteiger partial charge in [-0.3, -0.25) is 0 Å². The molecule has 2 heterocycles. The molecule has 0 amide bonds. The number of aromatic nitrogens is 3. The number of thiazole rings is 1. The topological polar surface area (TPSA) is 42.7 Å². The van der Waals surface area contributed by atoms with E-state index >= 15 is 0 Å². The molecular weight excluding hydrogens is 268 g/mol. The highest BCUT2D eigenvalue weighted by Crippen LogP contribution is 2.40. The number of nitrogens with one attached hydrogen (secondary N) is 1. The second-order valence-corrected chi connectivity index (χ2v) is 6.59. The Hall–Kier alpha value is -1.20. The fraction of sp³-hybridized carbons (Fsp3) is 0.600. The van der Waals surface area contributed by atoms with Crippen LogP contribution >= 0.6 is 11.3 Å². The van der Waals surface area contributed by atoms with Crippen LogP contribution in [0.5, 0.6) is 0 Å². The Balaban J connectivity index is 1.86. The van der Waals surface area contributed by atoms with Crippen LogP contribution in [0.15, 0.2) is 12.5 Å². The summed E-state index contributed by atoms with van der Waals surface area (Å²) in [5.74, 6) is 0. The second-order valence-electron chi connectivity index (χ2n) is 5.56. The maximum atomic E-state index is 4.77. The second kappa shape index (κ2) is 5.66. The van der Waals surface area contributed by atoms with Crippen LogP contribution in [0.4, 0.5) is 0 Å². The first-order valence-electron chi connectivity index (χ1n) is 7.43.